The second kappa shape index (κ2) is 7.77. The number of urea groups is 1. The third-order valence-corrected chi connectivity index (χ3v) is 4.13. The molecule has 1 atom stereocenters. The summed E-state index contributed by atoms with van der Waals surface area (Å²) in [7, 11) is 1.42. The van der Waals surface area contributed by atoms with E-state index in [4.69, 9.17) is 9.47 Å². The standard InChI is InChI=1S/C17H21BrN2O5/c1-5-11-13(16(22)25-8(2)3)14(20-17(23)19-11)10-6-9(18)7-12(24-4)15(10)21/h6-8,14,21H,5H2,1-4H3,(H2,19,20,23). The van der Waals surface area contributed by atoms with Crippen LogP contribution >= 0.6 is 15.9 Å². The molecule has 3 N–H and O–H groups in total. The fraction of sp³-hybridized carbons (Fsp3) is 0.412. The van der Waals surface area contributed by atoms with Gasteiger partial charge in [-0.2, -0.15) is 0 Å². The second-order valence-electron chi connectivity index (χ2n) is 5.78. The van der Waals surface area contributed by atoms with Crippen molar-refractivity contribution in [2.24, 2.45) is 0 Å². The van der Waals surface area contributed by atoms with Crippen molar-refractivity contribution >= 4 is 27.9 Å². The van der Waals surface area contributed by atoms with E-state index in [2.05, 4.69) is 26.6 Å². The van der Waals surface area contributed by atoms with E-state index in [9.17, 15) is 14.7 Å². The number of methoxy groups -OCH3 is 1. The first-order valence-corrected chi connectivity index (χ1v) is 8.65. The number of carbonyl (C=O) groups excluding carboxylic acids is 2. The topological polar surface area (TPSA) is 96.9 Å². The molecule has 7 nitrogen and oxygen atoms in total. The number of ether oxygens (including phenoxy) is 2. The minimum Gasteiger partial charge on any atom is -0.504 e. The third-order valence-electron chi connectivity index (χ3n) is 3.67. The molecule has 0 aliphatic carbocycles. The lowest BCUT2D eigenvalue weighted by Gasteiger charge is -2.30. The second-order valence-corrected chi connectivity index (χ2v) is 6.69. The maximum Gasteiger partial charge on any atom is 0.338 e. The Balaban J connectivity index is 2.62. The number of esters is 1. The van der Waals surface area contributed by atoms with Gasteiger partial charge < -0.3 is 25.2 Å². The molecule has 1 aromatic rings. The minimum absolute atomic E-state index is 0.150. The predicted molar refractivity (Wildman–Crippen MR) is 95.3 cm³/mol. The van der Waals surface area contributed by atoms with Gasteiger partial charge in [0.25, 0.3) is 0 Å². The molecular weight excluding hydrogens is 392 g/mol. The SMILES string of the molecule is CCC1=C(C(=O)OC(C)C)C(c2cc(Br)cc(OC)c2O)NC(=O)N1. The highest BCUT2D eigenvalue weighted by molar-refractivity contribution is 9.10. The molecule has 0 bridgehead atoms. The number of allylic oxidation sites excluding steroid dienone is 1. The van der Waals surface area contributed by atoms with Crippen molar-refractivity contribution in [2.75, 3.05) is 7.11 Å². The molecule has 0 saturated carbocycles. The number of rotatable bonds is 5. The Morgan fingerprint density at radius 3 is 2.64 bits per heavy atom. The normalized spacial score (nSPS) is 17.2. The molecule has 25 heavy (non-hydrogen) atoms. The van der Waals surface area contributed by atoms with Crippen molar-refractivity contribution in [3.63, 3.8) is 0 Å². The summed E-state index contributed by atoms with van der Waals surface area (Å²) in [6.07, 6.45) is 0.111. The molecule has 0 aromatic heterocycles. The molecular formula is C17H21BrN2O5. The van der Waals surface area contributed by atoms with Gasteiger partial charge in [0.15, 0.2) is 11.5 Å². The first kappa shape index (κ1) is 19.1. The number of amides is 2. The van der Waals surface area contributed by atoms with Crippen LogP contribution in [0.2, 0.25) is 0 Å². The van der Waals surface area contributed by atoms with Gasteiger partial charge in [-0.05, 0) is 32.4 Å². The number of hydrogen-bond acceptors (Lipinski definition) is 5. The molecule has 1 unspecified atom stereocenters. The highest BCUT2D eigenvalue weighted by Gasteiger charge is 2.35. The van der Waals surface area contributed by atoms with Gasteiger partial charge in [0.1, 0.15) is 0 Å². The number of aromatic hydroxyl groups is 1. The summed E-state index contributed by atoms with van der Waals surface area (Å²) in [5.41, 5.74) is 1.05. The van der Waals surface area contributed by atoms with Gasteiger partial charge in [0, 0.05) is 15.7 Å². The van der Waals surface area contributed by atoms with Gasteiger partial charge in [0.2, 0.25) is 0 Å². The van der Waals surface area contributed by atoms with Gasteiger partial charge >= 0.3 is 12.0 Å². The van der Waals surface area contributed by atoms with E-state index in [0.717, 1.165) is 0 Å². The van der Waals surface area contributed by atoms with Gasteiger partial charge in [-0.3, -0.25) is 0 Å². The molecule has 0 fully saturated rings. The van der Waals surface area contributed by atoms with E-state index in [0.29, 0.717) is 22.2 Å². The molecule has 1 heterocycles. The molecule has 2 amide bonds. The molecule has 1 aliphatic heterocycles. The Morgan fingerprint density at radius 1 is 1.40 bits per heavy atom. The number of carbonyl (C=O) groups is 2. The van der Waals surface area contributed by atoms with Crippen LogP contribution in [-0.2, 0) is 9.53 Å². The lowest BCUT2D eigenvalue weighted by Crippen LogP contribution is -2.46. The molecule has 0 spiro atoms. The van der Waals surface area contributed by atoms with Crippen LogP contribution in [0.15, 0.2) is 27.9 Å². The van der Waals surface area contributed by atoms with Gasteiger partial charge in [0.05, 0.1) is 24.8 Å². The molecule has 136 valence electrons. The minimum atomic E-state index is -0.860. The summed E-state index contributed by atoms with van der Waals surface area (Å²) >= 11 is 3.35. The summed E-state index contributed by atoms with van der Waals surface area (Å²) < 4.78 is 11.1. The molecule has 0 radical (unpaired) electrons. The zero-order valence-corrected chi connectivity index (χ0v) is 16.1. The Labute approximate surface area is 154 Å². The Morgan fingerprint density at radius 2 is 2.08 bits per heavy atom. The Kier molecular flexibility index (Phi) is 5.94. The summed E-state index contributed by atoms with van der Waals surface area (Å²) in [5, 5.41) is 15.8. The van der Waals surface area contributed by atoms with Crippen LogP contribution in [0.1, 0.15) is 38.8 Å². The summed E-state index contributed by atoms with van der Waals surface area (Å²) in [6, 6.07) is 1.91. The van der Waals surface area contributed by atoms with E-state index in [-0.39, 0.29) is 23.2 Å². The maximum atomic E-state index is 12.6. The average Bonchev–Trinajstić information content (AvgIpc) is 2.54. The van der Waals surface area contributed by atoms with Crippen LogP contribution in [0.25, 0.3) is 0 Å². The lowest BCUT2D eigenvalue weighted by atomic mass is 9.93. The molecule has 8 heteroatoms. The van der Waals surface area contributed by atoms with Crippen molar-refractivity contribution in [3.05, 3.63) is 33.4 Å². The number of hydrogen-bond donors (Lipinski definition) is 3. The molecule has 1 aromatic carbocycles. The van der Waals surface area contributed by atoms with Crippen LogP contribution in [0.3, 0.4) is 0 Å². The molecule has 1 aliphatic rings. The first-order chi connectivity index (χ1) is 11.8. The third kappa shape index (κ3) is 4.07. The van der Waals surface area contributed by atoms with Crippen molar-refractivity contribution < 1.29 is 24.2 Å². The smallest absolute Gasteiger partial charge is 0.338 e. The van der Waals surface area contributed by atoms with Crippen molar-refractivity contribution in [1.82, 2.24) is 10.6 Å². The van der Waals surface area contributed by atoms with Crippen LogP contribution in [0, 0.1) is 0 Å². The van der Waals surface area contributed by atoms with Gasteiger partial charge in [-0.1, -0.05) is 22.9 Å². The number of phenols is 1. The first-order valence-electron chi connectivity index (χ1n) is 7.86. The highest BCUT2D eigenvalue weighted by atomic mass is 79.9. The van der Waals surface area contributed by atoms with Crippen molar-refractivity contribution in [1.29, 1.82) is 0 Å². The van der Waals surface area contributed by atoms with Crippen molar-refractivity contribution in [2.45, 2.75) is 39.3 Å². The van der Waals surface area contributed by atoms with E-state index in [1.165, 1.54) is 7.11 Å². The lowest BCUT2D eigenvalue weighted by molar-refractivity contribution is -0.143. The Hall–Kier alpha value is -2.22. The summed E-state index contributed by atoms with van der Waals surface area (Å²) in [4.78, 5) is 24.6. The van der Waals surface area contributed by atoms with E-state index in [1.807, 2.05) is 6.92 Å². The summed E-state index contributed by atoms with van der Waals surface area (Å²) in [6.45, 7) is 5.31. The maximum absolute atomic E-state index is 12.6. The molecule has 0 saturated heterocycles. The monoisotopic (exact) mass is 412 g/mol. The number of nitrogens with one attached hydrogen (secondary N) is 2. The fourth-order valence-electron chi connectivity index (χ4n) is 2.62. The molecule has 2 rings (SSSR count). The quantitative estimate of drug-likeness (QED) is 0.645. The van der Waals surface area contributed by atoms with Crippen LogP contribution in [0.4, 0.5) is 4.79 Å². The van der Waals surface area contributed by atoms with E-state index >= 15 is 0 Å². The zero-order valence-electron chi connectivity index (χ0n) is 14.5. The van der Waals surface area contributed by atoms with Gasteiger partial charge in [-0.15, -0.1) is 0 Å². The predicted octanol–water partition coefficient (Wildman–Crippen LogP) is 3.13. The number of halogens is 1. The summed E-state index contributed by atoms with van der Waals surface area (Å²) in [5.74, 6) is -0.474. The Bertz CT molecular complexity index is 730. The van der Waals surface area contributed by atoms with Crippen molar-refractivity contribution in [3.8, 4) is 11.5 Å². The zero-order chi connectivity index (χ0) is 18.7. The number of benzene rings is 1. The average molecular weight is 413 g/mol. The van der Waals surface area contributed by atoms with E-state index < -0.39 is 18.0 Å². The largest absolute Gasteiger partial charge is 0.504 e. The fourth-order valence-corrected chi connectivity index (χ4v) is 3.07. The highest BCUT2D eigenvalue weighted by Crippen LogP contribution is 2.41. The van der Waals surface area contributed by atoms with Crippen LogP contribution in [-0.4, -0.2) is 30.3 Å². The van der Waals surface area contributed by atoms with E-state index in [1.54, 1.807) is 26.0 Å². The van der Waals surface area contributed by atoms with Crippen LogP contribution in [0.5, 0.6) is 11.5 Å². The van der Waals surface area contributed by atoms with Gasteiger partial charge in [-0.25, -0.2) is 9.59 Å². The van der Waals surface area contributed by atoms with Crippen LogP contribution < -0.4 is 15.4 Å². The number of phenolic OH excluding ortho intramolecular Hbond substituents is 1.